The molecule has 0 radical (unpaired) electrons. The summed E-state index contributed by atoms with van der Waals surface area (Å²) in [6, 6.07) is 58.7. The molecule has 48 heavy (non-hydrogen) atoms. The zero-order chi connectivity index (χ0) is 31.9. The van der Waals surface area contributed by atoms with E-state index in [2.05, 4.69) is 152 Å². The number of benzene rings is 7. The van der Waals surface area contributed by atoms with Crippen molar-refractivity contribution in [3.05, 3.63) is 170 Å². The van der Waals surface area contributed by atoms with Crippen LogP contribution in [0.15, 0.2) is 170 Å². The Bertz CT molecular complexity index is 2480. The molecular formula is C44H28N4. The first-order chi connectivity index (χ1) is 23.8. The van der Waals surface area contributed by atoms with E-state index in [1.165, 1.54) is 11.1 Å². The third-order valence-corrected chi connectivity index (χ3v) is 8.94. The summed E-state index contributed by atoms with van der Waals surface area (Å²) < 4.78 is 0. The average Bonchev–Trinajstić information content (AvgIpc) is 3.18. The van der Waals surface area contributed by atoms with Crippen LogP contribution in [0.25, 0.3) is 89.0 Å². The molecule has 9 aromatic rings. The maximum absolute atomic E-state index is 5.25. The number of pyridine rings is 1. The van der Waals surface area contributed by atoms with Crippen molar-refractivity contribution in [3.63, 3.8) is 0 Å². The minimum Gasteiger partial charge on any atom is -0.244 e. The van der Waals surface area contributed by atoms with Gasteiger partial charge < -0.3 is 0 Å². The van der Waals surface area contributed by atoms with E-state index in [4.69, 9.17) is 19.9 Å². The summed E-state index contributed by atoms with van der Waals surface area (Å²) in [5, 5.41) is 5.52. The highest BCUT2D eigenvalue weighted by molar-refractivity contribution is 6.20. The molecule has 9 rings (SSSR count). The topological polar surface area (TPSA) is 51.6 Å². The number of nitrogens with zero attached hydrogens (tertiary/aromatic N) is 4. The fourth-order valence-electron chi connectivity index (χ4n) is 6.51. The second-order valence-corrected chi connectivity index (χ2v) is 11.9. The van der Waals surface area contributed by atoms with Crippen LogP contribution < -0.4 is 0 Å². The highest BCUT2D eigenvalue weighted by Crippen LogP contribution is 2.37. The molecule has 2 aromatic heterocycles. The van der Waals surface area contributed by atoms with Gasteiger partial charge in [0.2, 0.25) is 0 Å². The zero-order valence-corrected chi connectivity index (χ0v) is 26.0. The molecule has 2 heterocycles. The van der Waals surface area contributed by atoms with Crippen molar-refractivity contribution >= 4 is 32.4 Å². The highest BCUT2D eigenvalue weighted by atomic mass is 15.0. The fraction of sp³-hybridized carbons (Fsp3) is 0. The Morgan fingerprint density at radius 3 is 1.33 bits per heavy atom. The van der Waals surface area contributed by atoms with Gasteiger partial charge in [0, 0.05) is 21.9 Å². The Balaban J connectivity index is 1.27. The first kappa shape index (κ1) is 27.8. The molecule has 0 saturated carbocycles. The van der Waals surface area contributed by atoms with Crippen LogP contribution in [-0.2, 0) is 0 Å². The quantitative estimate of drug-likeness (QED) is 0.181. The Morgan fingerprint density at radius 2 is 0.729 bits per heavy atom. The van der Waals surface area contributed by atoms with Gasteiger partial charge in [0.15, 0.2) is 17.5 Å². The highest BCUT2D eigenvalue weighted by Gasteiger charge is 2.19. The molecule has 0 bridgehead atoms. The molecule has 0 spiro atoms. The van der Waals surface area contributed by atoms with Gasteiger partial charge in [-0.15, -0.1) is 0 Å². The standard InChI is InChI=1S/C44H28N4/c1-3-11-29(12-4-1)31-19-23-34(24-20-31)42-46-43(35-25-21-32(22-26-35)30-13-5-2-6-14-30)48-44(47-42)41-40-36-16-8-7-15-33(36)27-28-38(40)37-17-9-10-18-39(37)45-41/h1-28H. The van der Waals surface area contributed by atoms with Crippen molar-refractivity contribution in [1.82, 2.24) is 19.9 Å². The SMILES string of the molecule is c1ccc(-c2ccc(-c3nc(-c4ccc(-c5ccccc5)cc4)nc(-c4nc5ccccc5c5ccc6ccccc6c45)n3)cc2)cc1. The van der Waals surface area contributed by atoms with Gasteiger partial charge in [0.1, 0.15) is 5.69 Å². The molecule has 4 nitrogen and oxygen atoms in total. The first-order valence-electron chi connectivity index (χ1n) is 16.1. The molecule has 0 unspecified atom stereocenters. The first-order valence-corrected chi connectivity index (χ1v) is 16.1. The van der Waals surface area contributed by atoms with E-state index in [0.29, 0.717) is 17.5 Å². The summed E-state index contributed by atoms with van der Waals surface area (Å²) in [7, 11) is 0. The molecule has 0 atom stereocenters. The smallest absolute Gasteiger partial charge is 0.183 e. The molecular weight excluding hydrogens is 585 g/mol. The lowest BCUT2D eigenvalue weighted by molar-refractivity contribution is 1.07. The summed E-state index contributed by atoms with van der Waals surface area (Å²) in [6.07, 6.45) is 0. The van der Waals surface area contributed by atoms with E-state index in [1.54, 1.807) is 0 Å². The van der Waals surface area contributed by atoms with Gasteiger partial charge in [-0.3, -0.25) is 0 Å². The van der Waals surface area contributed by atoms with Gasteiger partial charge in [-0.05, 0) is 44.5 Å². The van der Waals surface area contributed by atoms with Crippen molar-refractivity contribution in [2.45, 2.75) is 0 Å². The van der Waals surface area contributed by atoms with Gasteiger partial charge in [-0.25, -0.2) is 19.9 Å². The lowest BCUT2D eigenvalue weighted by Gasteiger charge is -2.14. The van der Waals surface area contributed by atoms with Crippen LogP contribution in [0.5, 0.6) is 0 Å². The Morgan fingerprint density at radius 1 is 0.271 bits per heavy atom. The molecule has 224 valence electrons. The van der Waals surface area contributed by atoms with E-state index in [1.807, 2.05) is 18.2 Å². The normalized spacial score (nSPS) is 11.3. The van der Waals surface area contributed by atoms with Gasteiger partial charge in [-0.1, -0.05) is 164 Å². The largest absolute Gasteiger partial charge is 0.244 e. The number of rotatable bonds is 5. The lowest BCUT2D eigenvalue weighted by Crippen LogP contribution is -2.02. The van der Waals surface area contributed by atoms with Crippen LogP contribution in [0, 0.1) is 0 Å². The van der Waals surface area contributed by atoms with Gasteiger partial charge in [-0.2, -0.15) is 0 Å². The second kappa shape index (κ2) is 11.7. The Kier molecular flexibility index (Phi) is 6.76. The van der Waals surface area contributed by atoms with E-state index in [-0.39, 0.29) is 0 Å². The summed E-state index contributed by atoms with van der Waals surface area (Å²) >= 11 is 0. The number of para-hydroxylation sites is 1. The van der Waals surface area contributed by atoms with Crippen molar-refractivity contribution in [2.75, 3.05) is 0 Å². The van der Waals surface area contributed by atoms with Crippen LogP contribution in [-0.4, -0.2) is 19.9 Å². The van der Waals surface area contributed by atoms with Gasteiger partial charge in [0.05, 0.1) is 5.52 Å². The molecule has 4 heteroatoms. The third kappa shape index (κ3) is 4.97. The van der Waals surface area contributed by atoms with Gasteiger partial charge >= 0.3 is 0 Å². The summed E-state index contributed by atoms with van der Waals surface area (Å²) in [5.41, 5.74) is 8.07. The van der Waals surface area contributed by atoms with Crippen molar-refractivity contribution in [2.24, 2.45) is 0 Å². The maximum atomic E-state index is 5.25. The van der Waals surface area contributed by atoms with Crippen LogP contribution in [0.1, 0.15) is 0 Å². The average molecular weight is 613 g/mol. The van der Waals surface area contributed by atoms with E-state index in [9.17, 15) is 0 Å². The number of aromatic nitrogens is 4. The number of hydrogen-bond donors (Lipinski definition) is 0. The van der Waals surface area contributed by atoms with Crippen LogP contribution in [0.2, 0.25) is 0 Å². The number of hydrogen-bond acceptors (Lipinski definition) is 4. The van der Waals surface area contributed by atoms with Gasteiger partial charge in [0.25, 0.3) is 0 Å². The molecule has 0 aliphatic heterocycles. The van der Waals surface area contributed by atoms with Crippen LogP contribution in [0.3, 0.4) is 0 Å². The van der Waals surface area contributed by atoms with E-state index >= 15 is 0 Å². The summed E-state index contributed by atoms with van der Waals surface area (Å²) in [4.78, 5) is 20.6. The molecule has 0 saturated heterocycles. The predicted molar refractivity (Wildman–Crippen MR) is 197 cm³/mol. The van der Waals surface area contributed by atoms with Crippen molar-refractivity contribution < 1.29 is 0 Å². The van der Waals surface area contributed by atoms with Crippen molar-refractivity contribution in [3.8, 4) is 56.5 Å². The minimum atomic E-state index is 0.543. The summed E-state index contributed by atoms with van der Waals surface area (Å²) in [5.74, 6) is 1.75. The molecule has 7 aromatic carbocycles. The zero-order valence-electron chi connectivity index (χ0n) is 26.0. The summed E-state index contributed by atoms with van der Waals surface area (Å²) in [6.45, 7) is 0. The maximum Gasteiger partial charge on any atom is 0.183 e. The monoisotopic (exact) mass is 612 g/mol. The number of fused-ring (bicyclic) bond motifs is 5. The Hall–Kier alpha value is -6.52. The van der Waals surface area contributed by atoms with E-state index in [0.717, 1.165) is 60.4 Å². The second-order valence-electron chi connectivity index (χ2n) is 11.9. The lowest BCUT2D eigenvalue weighted by atomic mass is 9.97. The molecule has 0 aliphatic carbocycles. The predicted octanol–water partition coefficient (Wildman–Crippen LogP) is 11.1. The van der Waals surface area contributed by atoms with E-state index < -0.39 is 0 Å². The molecule has 0 fully saturated rings. The Labute approximate surface area is 278 Å². The third-order valence-electron chi connectivity index (χ3n) is 8.94. The molecule has 0 N–H and O–H groups in total. The molecule has 0 aliphatic rings. The van der Waals surface area contributed by atoms with Crippen LogP contribution in [0.4, 0.5) is 0 Å². The fourth-order valence-corrected chi connectivity index (χ4v) is 6.51. The van der Waals surface area contributed by atoms with Crippen LogP contribution >= 0.6 is 0 Å². The minimum absolute atomic E-state index is 0.543. The van der Waals surface area contributed by atoms with Crippen molar-refractivity contribution in [1.29, 1.82) is 0 Å². The molecule has 0 amide bonds.